The van der Waals surface area contributed by atoms with Crippen LogP contribution in [0.4, 0.5) is 5.69 Å². The molecule has 2 aromatic rings. The molecule has 1 fully saturated rings. The Balaban J connectivity index is 2.02. The number of anilines is 1. The molecule has 0 radical (unpaired) electrons. The molecule has 7 heteroatoms. The lowest BCUT2D eigenvalue weighted by molar-refractivity contribution is 0.1000. The third-order valence-corrected chi connectivity index (χ3v) is 6.63. The van der Waals surface area contributed by atoms with E-state index in [-0.39, 0.29) is 16.5 Å². The van der Waals surface area contributed by atoms with Crippen molar-refractivity contribution in [1.29, 1.82) is 0 Å². The fourth-order valence-electron chi connectivity index (χ4n) is 3.00. The first kappa shape index (κ1) is 18.3. The Bertz CT molecular complexity index is 888. The van der Waals surface area contributed by atoms with Crippen LogP contribution >= 0.6 is 0 Å². The molecule has 6 nitrogen and oxygen atoms in total. The standard InChI is InChI=1S/C19H22N2O4S/c1-13(14-3-4-14)21(16-7-9-17(25-2)10-8-16)26(23,24)18-11-5-15(6-12-18)19(20)22/h5-14H,3-4H2,1-2H3,(H2,20,22). The minimum atomic E-state index is -3.78. The number of carbonyl (C=O) groups excluding carboxylic acids is 1. The van der Waals surface area contributed by atoms with Crippen LogP contribution in [0, 0.1) is 5.92 Å². The van der Waals surface area contributed by atoms with Crippen molar-refractivity contribution in [2.24, 2.45) is 11.7 Å². The van der Waals surface area contributed by atoms with E-state index in [4.69, 9.17) is 10.5 Å². The predicted octanol–water partition coefficient (Wildman–Crippen LogP) is 2.79. The molecule has 26 heavy (non-hydrogen) atoms. The van der Waals surface area contributed by atoms with E-state index in [0.717, 1.165) is 12.8 Å². The largest absolute Gasteiger partial charge is 0.497 e. The summed E-state index contributed by atoms with van der Waals surface area (Å²) in [5, 5.41) is 0. The van der Waals surface area contributed by atoms with E-state index in [0.29, 0.717) is 17.4 Å². The average molecular weight is 374 g/mol. The van der Waals surface area contributed by atoms with Crippen LogP contribution in [0.2, 0.25) is 0 Å². The molecule has 2 aromatic carbocycles. The predicted molar refractivity (Wildman–Crippen MR) is 99.8 cm³/mol. The van der Waals surface area contributed by atoms with Crippen molar-refractivity contribution >= 4 is 21.6 Å². The highest BCUT2D eigenvalue weighted by atomic mass is 32.2. The molecule has 0 saturated heterocycles. The second-order valence-electron chi connectivity index (χ2n) is 6.47. The van der Waals surface area contributed by atoms with Crippen molar-refractivity contribution in [3.63, 3.8) is 0 Å². The van der Waals surface area contributed by atoms with E-state index in [1.54, 1.807) is 31.4 Å². The molecule has 0 heterocycles. The molecule has 1 saturated carbocycles. The summed E-state index contributed by atoms with van der Waals surface area (Å²) in [5.74, 6) is 0.417. The van der Waals surface area contributed by atoms with Gasteiger partial charge in [0.1, 0.15) is 5.75 Å². The van der Waals surface area contributed by atoms with Crippen LogP contribution in [0.1, 0.15) is 30.1 Å². The van der Waals surface area contributed by atoms with Crippen LogP contribution in [0.15, 0.2) is 53.4 Å². The van der Waals surface area contributed by atoms with Crippen molar-refractivity contribution in [2.45, 2.75) is 30.7 Å². The molecule has 1 unspecified atom stereocenters. The third kappa shape index (κ3) is 3.53. The minimum absolute atomic E-state index is 0.130. The van der Waals surface area contributed by atoms with Crippen LogP contribution < -0.4 is 14.8 Å². The van der Waals surface area contributed by atoms with E-state index >= 15 is 0 Å². The number of carbonyl (C=O) groups is 1. The summed E-state index contributed by atoms with van der Waals surface area (Å²) >= 11 is 0. The Labute approximate surface area is 153 Å². The number of rotatable bonds is 7. The van der Waals surface area contributed by atoms with E-state index in [9.17, 15) is 13.2 Å². The number of sulfonamides is 1. The van der Waals surface area contributed by atoms with Gasteiger partial charge >= 0.3 is 0 Å². The van der Waals surface area contributed by atoms with Gasteiger partial charge in [-0.15, -0.1) is 0 Å². The lowest BCUT2D eigenvalue weighted by Gasteiger charge is -2.31. The van der Waals surface area contributed by atoms with Gasteiger partial charge < -0.3 is 10.5 Å². The van der Waals surface area contributed by atoms with Crippen LogP contribution in [-0.4, -0.2) is 27.5 Å². The highest BCUT2D eigenvalue weighted by Gasteiger charge is 2.38. The number of amides is 1. The molecule has 0 bridgehead atoms. The number of methoxy groups -OCH3 is 1. The lowest BCUT2D eigenvalue weighted by atomic mass is 10.2. The van der Waals surface area contributed by atoms with Crippen molar-refractivity contribution in [3.05, 3.63) is 54.1 Å². The van der Waals surface area contributed by atoms with E-state index < -0.39 is 15.9 Å². The Morgan fingerprint density at radius 1 is 1.12 bits per heavy atom. The molecule has 1 aliphatic carbocycles. The van der Waals surface area contributed by atoms with Gasteiger partial charge in [0, 0.05) is 11.6 Å². The van der Waals surface area contributed by atoms with Gasteiger partial charge in [0.15, 0.2) is 0 Å². The summed E-state index contributed by atoms with van der Waals surface area (Å²) in [4.78, 5) is 11.4. The SMILES string of the molecule is COc1ccc(N(C(C)C2CC2)S(=O)(=O)c2ccc(C(N)=O)cc2)cc1. The van der Waals surface area contributed by atoms with Gasteiger partial charge in [0.25, 0.3) is 10.0 Å². The number of nitrogens with zero attached hydrogens (tertiary/aromatic N) is 1. The van der Waals surface area contributed by atoms with Gasteiger partial charge in [0.05, 0.1) is 17.7 Å². The summed E-state index contributed by atoms with van der Waals surface area (Å²) in [6, 6.07) is 12.5. The first-order chi connectivity index (χ1) is 12.3. The molecule has 0 spiro atoms. The fourth-order valence-corrected chi connectivity index (χ4v) is 4.71. The average Bonchev–Trinajstić information content (AvgIpc) is 3.47. The number of ether oxygens (including phenoxy) is 1. The lowest BCUT2D eigenvalue weighted by Crippen LogP contribution is -2.40. The minimum Gasteiger partial charge on any atom is -0.497 e. The molecule has 2 N–H and O–H groups in total. The van der Waals surface area contributed by atoms with Crippen molar-refractivity contribution in [2.75, 3.05) is 11.4 Å². The van der Waals surface area contributed by atoms with Gasteiger partial charge in [0.2, 0.25) is 5.91 Å². The van der Waals surface area contributed by atoms with Crippen molar-refractivity contribution < 1.29 is 17.9 Å². The molecule has 1 aliphatic rings. The summed E-state index contributed by atoms with van der Waals surface area (Å²) in [6.07, 6.45) is 2.04. The molecule has 0 aliphatic heterocycles. The summed E-state index contributed by atoms with van der Waals surface area (Å²) in [6.45, 7) is 1.93. The molecule has 3 rings (SSSR count). The maximum Gasteiger partial charge on any atom is 0.264 e. The quantitative estimate of drug-likeness (QED) is 0.807. The summed E-state index contributed by atoms with van der Waals surface area (Å²) in [5.41, 5.74) is 6.10. The Kier molecular flexibility index (Phi) is 4.91. The van der Waals surface area contributed by atoms with Gasteiger partial charge in [-0.05, 0) is 74.2 Å². The first-order valence-electron chi connectivity index (χ1n) is 8.43. The van der Waals surface area contributed by atoms with Crippen LogP contribution in [0.25, 0.3) is 0 Å². The highest BCUT2D eigenvalue weighted by molar-refractivity contribution is 7.92. The molecule has 138 valence electrons. The van der Waals surface area contributed by atoms with Gasteiger partial charge in [-0.3, -0.25) is 9.10 Å². The number of benzene rings is 2. The third-order valence-electron chi connectivity index (χ3n) is 4.70. The summed E-state index contributed by atoms with van der Waals surface area (Å²) in [7, 11) is -2.21. The topological polar surface area (TPSA) is 89.7 Å². The Morgan fingerprint density at radius 2 is 1.69 bits per heavy atom. The van der Waals surface area contributed by atoms with Gasteiger partial charge in [-0.25, -0.2) is 8.42 Å². The summed E-state index contributed by atoms with van der Waals surface area (Å²) < 4.78 is 33.3. The number of primary amides is 1. The van der Waals surface area contributed by atoms with Crippen LogP contribution in [0.3, 0.4) is 0 Å². The van der Waals surface area contributed by atoms with Crippen LogP contribution in [0.5, 0.6) is 5.75 Å². The second-order valence-corrected chi connectivity index (χ2v) is 8.28. The van der Waals surface area contributed by atoms with Crippen molar-refractivity contribution in [1.82, 2.24) is 0 Å². The maximum absolute atomic E-state index is 13.3. The van der Waals surface area contributed by atoms with Crippen molar-refractivity contribution in [3.8, 4) is 5.75 Å². The maximum atomic E-state index is 13.3. The smallest absolute Gasteiger partial charge is 0.264 e. The Morgan fingerprint density at radius 3 is 2.15 bits per heavy atom. The van der Waals surface area contributed by atoms with Gasteiger partial charge in [-0.1, -0.05) is 0 Å². The molecule has 1 atom stereocenters. The van der Waals surface area contributed by atoms with Gasteiger partial charge in [-0.2, -0.15) is 0 Å². The first-order valence-corrected chi connectivity index (χ1v) is 9.87. The van der Waals surface area contributed by atoms with E-state index in [1.165, 1.54) is 28.6 Å². The monoisotopic (exact) mass is 374 g/mol. The zero-order valence-corrected chi connectivity index (χ0v) is 15.6. The molecule has 0 aromatic heterocycles. The number of hydrogen-bond acceptors (Lipinski definition) is 4. The van der Waals surface area contributed by atoms with E-state index in [1.807, 2.05) is 6.92 Å². The zero-order chi connectivity index (χ0) is 18.9. The number of hydrogen-bond donors (Lipinski definition) is 1. The normalized spacial score (nSPS) is 15.3. The molecular formula is C19H22N2O4S. The van der Waals surface area contributed by atoms with E-state index in [2.05, 4.69) is 0 Å². The number of nitrogens with two attached hydrogens (primary N) is 1. The molecule has 1 amide bonds. The van der Waals surface area contributed by atoms with Crippen LogP contribution in [-0.2, 0) is 10.0 Å². The highest BCUT2D eigenvalue weighted by Crippen LogP contribution is 2.39. The molecular weight excluding hydrogens is 352 g/mol. The Hall–Kier alpha value is -2.54. The fraction of sp³-hybridized carbons (Fsp3) is 0.316. The second kappa shape index (κ2) is 6.99. The zero-order valence-electron chi connectivity index (χ0n) is 14.8.